The van der Waals surface area contributed by atoms with Gasteiger partial charge in [-0.15, -0.1) is 0 Å². The van der Waals surface area contributed by atoms with Crippen molar-refractivity contribution in [3.63, 3.8) is 0 Å². The number of imidazole rings is 1. The maximum Gasteiger partial charge on any atom is 0.181 e. The smallest absolute Gasteiger partial charge is 0.181 e. The average Bonchev–Trinajstić information content (AvgIpc) is 3.18. The number of nitrogens with one attached hydrogen (secondary N) is 1. The first kappa shape index (κ1) is 19.1. The summed E-state index contributed by atoms with van der Waals surface area (Å²) in [6, 6.07) is 15.9. The largest absolute Gasteiger partial charge is 0.367 e. The summed E-state index contributed by atoms with van der Waals surface area (Å²) in [6.45, 7) is 7.19. The summed E-state index contributed by atoms with van der Waals surface area (Å²) in [4.78, 5) is 21.6. The van der Waals surface area contributed by atoms with Crippen LogP contribution in [0.1, 0.15) is 44.0 Å². The third-order valence-corrected chi connectivity index (χ3v) is 4.99. The van der Waals surface area contributed by atoms with E-state index < -0.39 is 0 Å². The van der Waals surface area contributed by atoms with E-state index in [1.807, 2.05) is 55.6 Å². The molecule has 0 spiro atoms. The molecule has 0 aliphatic carbocycles. The minimum absolute atomic E-state index is 0.187. The average molecular weight is 386 g/mol. The molecule has 1 N–H and O–H groups in total. The van der Waals surface area contributed by atoms with Crippen molar-refractivity contribution in [3.05, 3.63) is 60.3 Å². The van der Waals surface area contributed by atoms with Gasteiger partial charge in [-0.3, -0.25) is 9.20 Å². The van der Waals surface area contributed by atoms with E-state index in [-0.39, 0.29) is 5.78 Å². The molecule has 2 heterocycles. The summed E-state index contributed by atoms with van der Waals surface area (Å²) >= 11 is 0. The first-order valence-electron chi connectivity index (χ1n) is 10.2. The number of benzene rings is 2. The fourth-order valence-electron chi connectivity index (χ4n) is 3.50. The zero-order chi connectivity index (χ0) is 20.4. The van der Waals surface area contributed by atoms with Crippen molar-refractivity contribution in [1.29, 1.82) is 0 Å². The second-order valence-electron chi connectivity index (χ2n) is 7.78. The van der Waals surface area contributed by atoms with Gasteiger partial charge >= 0.3 is 0 Å². The zero-order valence-electron chi connectivity index (χ0n) is 17.1. The van der Waals surface area contributed by atoms with E-state index in [9.17, 15) is 4.79 Å². The first-order valence-corrected chi connectivity index (χ1v) is 10.2. The molecule has 0 saturated carbocycles. The van der Waals surface area contributed by atoms with Crippen molar-refractivity contribution in [2.24, 2.45) is 5.92 Å². The minimum Gasteiger partial charge on any atom is -0.367 e. The topological polar surface area (TPSA) is 59.3 Å². The molecule has 5 heteroatoms. The maximum absolute atomic E-state index is 12.2. The summed E-state index contributed by atoms with van der Waals surface area (Å²) in [7, 11) is 0. The molecule has 0 unspecified atom stereocenters. The third kappa shape index (κ3) is 3.73. The molecule has 0 fully saturated rings. The maximum atomic E-state index is 12.2. The van der Waals surface area contributed by atoms with Crippen LogP contribution in [0.2, 0.25) is 0 Å². The van der Waals surface area contributed by atoms with Gasteiger partial charge in [-0.05, 0) is 24.5 Å². The van der Waals surface area contributed by atoms with Crippen LogP contribution in [0.25, 0.3) is 27.9 Å². The first-order chi connectivity index (χ1) is 14.1. The summed E-state index contributed by atoms with van der Waals surface area (Å²) in [5, 5.41) is 3.44. The number of Topliss-reactive ketones (excluding diaryl/α,β-unsaturated/α-hetero) is 1. The Labute approximate surface area is 170 Å². The van der Waals surface area contributed by atoms with Gasteiger partial charge in [0.1, 0.15) is 0 Å². The van der Waals surface area contributed by atoms with Gasteiger partial charge in [0.05, 0.1) is 22.9 Å². The van der Waals surface area contributed by atoms with Crippen LogP contribution in [0.5, 0.6) is 0 Å². The summed E-state index contributed by atoms with van der Waals surface area (Å²) in [6.07, 6.45) is 3.32. The molecule has 0 atom stereocenters. The highest BCUT2D eigenvalue weighted by atomic mass is 16.1. The van der Waals surface area contributed by atoms with Crippen LogP contribution in [0.4, 0.5) is 5.82 Å². The number of carbonyl (C=O) groups is 1. The number of anilines is 1. The van der Waals surface area contributed by atoms with Crippen LogP contribution in [-0.4, -0.2) is 26.7 Å². The Kier molecular flexibility index (Phi) is 5.30. The van der Waals surface area contributed by atoms with Crippen LogP contribution in [-0.2, 0) is 0 Å². The molecule has 2 aromatic carbocycles. The quantitative estimate of drug-likeness (QED) is 0.420. The Balaban J connectivity index is 1.84. The lowest BCUT2D eigenvalue weighted by Crippen LogP contribution is -2.11. The van der Waals surface area contributed by atoms with Crippen LogP contribution in [0, 0.1) is 5.92 Å². The van der Waals surface area contributed by atoms with Gasteiger partial charge in [-0.1, -0.05) is 57.2 Å². The van der Waals surface area contributed by atoms with Crippen LogP contribution < -0.4 is 5.32 Å². The highest BCUT2D eigenvalue weighted by Crippen LogP contribution is 2.28. The predicted octanol–water partition coefficient (Wildman–Crippen LogP) is 5.60. The Hall–Kier alpha value is -3.21. The van der Waals surface area contributed by atoms with Crippen molar-refractivity contribution >= 4 is 28.3 Å². The Morgan fingerprint density at radius 1 is 1.10 bits per heavy atom. The Morgan fingerprint density at radius 3 is 2.59 bits per heavy atom. The van der Waals surface area contributed by atoms with E-state index in [1.165, 1.54) is 0 Å². The van der Waals surface area contributed by atoms with Gasteiger partial charge in [0, 0.05) is 24.1 Å². The molecule has 0 radical (unpaired) electrons. The summed E-state index contributed by atoms with van der Waals surface area (Å²) < 4.78 is 2.15. The minimum atomic E-state index is 0.187. The van der Waals surface area contributed by atoms with Gasteiger partial charge in [0.2, 0.25) is 0 Å². The lowest BCUT2D eigenvalue weighted by atomic mass is 10.0. The number of rotatable bonds is 7. The molecule has 5 nitrogen and oxygen atoms in total. The Morgan fingerprint density at radius 2 is 1.86 bits per heavy atom. The number of hydrogen-bond acceptors (Lipinski definition) is 4. The standard InChI is InChI=1S/C24H26N4O/c1-4-7-22(29)18-12-10-17(11-13-18)21-15-26-24-23(25-14-16(2)3)27-19-8-5-6-9-20(19)28(21)24/h5-6,8-13,15-16H,4,7,14H2,1-3H3,(H,25,27). The monoisotopic (exact) mass is 386 g/mol. The normalized spacial score (nSPS) is 11.4. The van der Waals surface area contributed by atoms with Gasteiger partial charge in [0.25, 0.3) is 0 Å². The molecule has 4 aromatic rings. The van der Waals surface area contributed by atoms with E-state index in [2.05, 4.69) is 34.6 Å². The van der Waals surface area contributed by atoms with Crippen molar-refractivity contribution in [2.45, 2.75) is 33.6 Å². The molecular weight excluding hydrogens is 360 g/mol. The number of ketones is 1. The lowest BCUT2D eigenvalue weighted by molar-refractivity contribution is 0.0982. The van der Waals surface area contributed by atoms with Crippen molar-refractivity contribution in [2.75, 3.05) is 11.9 Å². The number of para-hydroxylation sites is 2. The SMILES string of the molecule is CCCC(=O)c1ccc(-c2cnc3c(NCC(C)C)nc4ccccc4n23)cc1. The second kappa shape index (κ2) is 8.03. The van der Waals surface area contributed by atoms with Gasteiger partial charge in [-0.25, -0.2) is 9.97 Å². The summed E-state index contributed by atoms with van der Waals surface area (Å²) in [5.41, 5.74) is 5.51. The Bertz CT molecular complexity index is 1160. The van der Waals surface area contributed by atoms with Gasteiger partial charge in [0.15, 0.2) is 17.2 Å². The van der Waals surface area contributed by atoms with E-state index in [0.717, 1.165) is 52.3 Å². The molecular formula is C24H26N4O. The van der Waals surface area contributed by atoms with Gasteiger partial charge in [-0.2, -0.15) is 0 Å². The zero-order valence-corrected chi connectivity index (χ0v) is 17.1. The molecule has 0 saturated heterocycles. The van der Waals surface area contributed by atoms with Crippen LogP contribution in [0.15, 0.2) is 54.7 Å². The fourth-order valence-corrected chi connectivity index (χ4v) is 3.50. The van der Waals surface area contributed by atoms with E-state index >= 15 is 0 Å². The highest BCUT2D eigenvalue weighted by Gasteiger charge is 2.15. The van der Waals surface area contributed by atoms with E-state index in [4.69, 9.17) is 4.98 Å². The van der Waals surface area contributed by atoms with Crippen LogP contribution >= 0.6 is 0 Å². The van der Waals surface area contributed by atoms with Crippen molar-refractivity contribution < 1.29 is 4.79 Å². The molecule has 2 aromatic heterocycles. The molecule has 148 valence electrons. The highest BCUT2D eigenvalue weighted by molar-refractivity contribution is 5.96. The number of aromatic nitrogens is 3. The van der Waals surface area contributed by atoms with Gasteiger partial charge < -0.3 is 5.32 Å². The fraction of sp³-hybridized carbons (Fsp3) is 0.292. The number of carbonyl (C=O) groups excluding carboxylic acids is 1. The van der Waals surface area contributed by atoms with Crippen molar-refractivity contribution in [1.82, 2.24) is 14.4 Å². The van der Waals surface area contributed by atoms with E-state index in [0.29, 0.717) is 12.3 Å². The molecule has 0 aliphatic rings. The molecule has 4 rings (SSSR count). The molecule has 0 aliphatic heterocycles. The van der Waals surface area contributed by atoms with E-state index in [1.54, 1.807) is 0 Å². The molecule has 0 amide bonds. The predicted molar refractivity (Wildman–Crippen MR) is 118 cm³/mol. The second-order valence-corrected chi connectivity index (χ2v) is 7.78. The third-order valence-electron chi connectivity index (χ3n) is 4.99. The molecule has 29 heavy (non-hydrogen) atoms. The number of hydrogen-bond donors (Lipinski definition) is 1. The van der Waals surface area contributed by atoms with Crippen LogP contribution in [0.3, 0.4) is 0 Å². The number of nitrogens with zero attached hydrogens (tertiary/aromatic N) is 3. The van der Waals surface area contributed by atoms with Crippen molar-refractivity contribution in [3.8, 4) is 11.3 Å². The lowest BCUT2D eigenvalue weighted by Gasteiger charge is -2.12. The molecule has 0 bridgehead atoms. The summed E-state index contributed by atoms with van der Waals surface area (Å²) in [5.74, 6) is 1.48. The number of fused-ring (bicyclic) bond motifs is 3.